The van der Waals surface area contributed by atoms with Gasteiger partial charge in [0.25, 0.3) is 0 Å². The number of benzene rings is 1. The van der Waals surface area contributed by atoms with E-state index in [2.05, 4.69) is 10.5 Å². The zero-order valence-electron chi connectivity index (χ0n) is 13.2. The summed E-state index contributed by atoms with van der Waals surface area (Å²) in [5.41, 5.74) is 0.563. The Balaban J connectivity index is 1.88. The van der Waals surface area contributed by atoms with Gasteiger partial charge in [-0.05, 0) is 37.5 Å². The highest BCUT2D eigenvalue weighted by atomic mass is 19.1. The second-order valence-electron chi connectivity index (χ2n) is 5.66. The lowest BCUT2D eigenvalue weighted by Gasteiger charge is -2.10. The van der Waals surface area contributed by atoms with Gasteiger partial charge in [0.2, 0.25) is 0 Å². The number of nitrogens with zero attached hydrogens (tertiary/aromatic N) is 1. The van der Waals surface area contributed by atoms with Crippen LogP contribution in [0.3, 0.4) is 0 Å². The lowest BCUT2D eigenvalue weighted by atomic mass is 10.0. The number of ether oxygens (including phenoxy) is 1. The van der Waals surface area contributed by atoms with Crippen molar-refractivity contribution in [2.75, 3.05) is 11.9 Å². The molecule has 2 aromatic rings. The molecule has 1 amide bonds. The Bertz CT molecular complexity index is 768. The van der Waals surface area contributed by atoms with E-state index in [1.165, 1.54) is 18.3 Å². The molecule has 0 radical (unpaired) electrons. The number of hydrogen-bond acceptors (Lipinski definition) is 5. The molecule has 1 aliphatic carbocycles. The quantitative estimate of drug-likeness (QED) is 0.812. The zero-order valence-corrected chi connectivity index (χ0v) is 13.2. The van der Waals surface area contributed by atoms with E-state index in [0.29, 0.717) is 17.7 Å². The van der Waals surface area contributed by atoms with E-state index < -0.39 is 11.9 Å². The minimum Gasteiger partial charge on any atom is -0.449 e. The van der Waals surface area contributed by atoms with Crippen LogP contribution in [0, 0.1) is 5.82 Å². The highest BCUT2D eigenvalue weighted by Crippen LogP contribution is 2.42. The molecule has 7 heteroatoms. The lowest BCUT2D eigenvalue weighted by Crippen LogP contribution is -2.17. The number of amides is 1. The molecule has 0 aliphatic heterocycles. The summed E-state index contributed by atoms with van der Waals surface area (Å²) in [6.07, 6.45) is 3.19. The standard InChI is InChI=1S/C17H17FN2O4/c1-2-7-23-17(22)20-14-8-11(18)5-6-12(14)15(21)13-9-19-24-16(13)10-3-4-10/h5-6,8-10H,2-4,7H2,1H3,(H,20,22). The van der Waals surface area contributed by atoms with Crippen LogP contribution in [0.15, 0.2) is 28.9 Å². The highest BCUT2D eigenvalue weighted by molar-refractivity contribution is 6.14. The fraction of sp³-hybridized carbons (Fsp3) is 0.353. The Labute approximate surface area is 138 Å². The highest BCUT2D eigenvalue weighted by Gasteiger charge is 2.33. The van der Waals surface area contributed by atoms with Gasteiger partial charge in [0.1, 0.15) is 5.82 Å². The van der Waals surface area contributed by atoms with E-state index >= 15 is 0 Å². The summed E-state index contributed by atoms with van der Waals surface area (Å²) in [6, 6.07) is 3.58. The molecule has 1 aliphatic rings. The minimum atomic E-state index is -0.732. The summed E-state index contributed by atoms with van der Waals surface area (Å²) in [7, 11) is 0. The van der Waals surface area contributed by atoms with Gasteiger partial charge in [-0.2, -0.15) is 0 Å². The molecule has 6 nitrogen and oxygen atoms in total. The van der Waals surface area contributed by atoms with Crippen LogP contribution < -0.4 is 5.32 Å². The van der Waals surface area contributed by atoms with Crippen LogP contribution in [0.1, 0.15) is 53.8 Å². The Hall–Kier alpha value is -2.70. The summed E-state index contributed by atoms with van der Waals surface area (Å²) in [5, 5.41) is 6.12. The average molecular weight is 332 g/mol. The van der Waals surface area contributed by atoms with Crippen molar-refractivity contribution in [1.82, 2.24) is 5.16 Å². The van der Waals surface area contributed by atoms with Crippen LogP contribution in [0.2, 0.25) is 0 Å². The van der Waals surface area contributed by atoms with E-state index in [0.717, 1.165) is 18.9 Å². The molecule has 24 heavy (non-hydrogen) atoms. The number of hydrogen-bond donors (Lipinski definition) is 1. The second kappa shape index (κ2) is 6.82. The van der Waals surface area contributed by atoms with E-state index in [4.69, 9.17) is 9.26 Å². The van der Waals surface area contributed by atoms with Crippen molar-refractivity contribution >= 4 is 17.6 Å². The fourth-order valence-electron chi connectivity index (χ4n) is 2.36. The molecule has 1 aromatic carbocycles. The molecule has 1 aromatic heterocycles. The predicted molar refractivity (Wildman–Crippen MR) is 83.6 cm³/mol. The number of aromatic nitrogens is 1. The lowest BCUT2D eigenvalue weighted by molar-refractivity contribution is 0.103. The Kier molecular flexibility index (Phi) is 4.59. The molecule has 3 rings (SSSR count). The first kappa shape index (κ1) is 16.2. The second-order valence-corrected chi connectivity index (χ2v) is 5.66. The van der Waals surface area contributed by atoms with Crippen LogP contribution in [-0.4, -0.2) is 23.6 Å². The number of carbonyl (C=O) groups is 2. The number of ketones is 1. The normalized spacial score (nSPS) is 13.6. The minimum absolute atomic E-state index is 0.0593. The Morgan fingerprint density at radius 2 is 2.17 bits per heavy atom. The van der Waals surface area contributed by atoms with Crippen LogP contribution in [0.4, 0.5) is 14.9 Å². The summed E-state index contributed by atoms with van der Waals surface area (Å²) in [6.45, 7) is 2.09. The van der Waals surface area contributed by atoms with Gasteiger partial charge in [-0.3, -0.25) is 10.1 Å². The third-order valence-corrected chi connectivity index (χ3v) is 3.69. The number of carbonyl (C=O) groups excluding carboxylic acids is 2. The van der Waals surface area contributed by atoms with Gasteiger partial charge in [0.15, 0.2) is 11.5 Å². The summed E-state index contributed by atoms with van der Waals surface area (Å²) >= 11 is 0. The zero-order chi connectivity index (χ0) is 17.1. The SMILES string of the molecule is CCCOC(=O)Nc1cc(F)ccc1C(=O)c1cnoc1C1CC1. The first-order chi connectivity index (χ1) is 11.6. The van der Waals surface area contributed by atoms with Crippen molar-refractivity contribution in [2.24, 2.45) is 0 Å². The third-order valence-electron chi connectivity index (χ3n) is 3.69. The molecule has 126 valence electrons. The summed E-state index contributed by atoms with van der Waals surface area (Å²) in [4.78, 5) is 24.5. The Morgan fingerprint density at radius 3 is 2.88 bits per heavy atom. The molecule has 0 atom stereocenters. The maximum Gasteiger partial charge on any atom is 0.411 e. The van der Waals surface area contributed by atoms with Crippen molar-refractivity contribution < 1.29 is 23.2 Å². The first-order valence-electron chi connectivity index (χ1n) is 7.82. The van der Waals surface area contributed by atoms with Gasteiger partial charge < -0.3 is 9.26 Å². The van der Waals surface area contributed by atoms with Gasteiger partial charge in [0, 0.05) is 11.5 Å². The van der Waals surface area contributed by atoms with Crippen molar-refractivity contribution in [3.05, 3.63) is 47.1 Å². The monoisotopic (exact) mass is 332 g/mol. The van der Waals surface area contributed by atoms with Crippen LogP contribution >= 0.6 is 0 Å². The van der Waals surface area contributed by atoms with E-state index in [1.54, 1.807) is 0 Å². The van der Waals surface area contributed by atoms with Crippen molar-refractivity contribution in [2.45, 2.75) is 32.1 Å². The Morgan fingerprint density at radius 1 is 1.38 bits per heavy atom. The molecule has 1 fully saturated rings. The van der Waals surface area contributed by atoms with E-state index in [9.17, 15) is 14.0 Å². The third kappa shape index (κ3) is 3.45. The number of anilines is 1. The van der Waals surface area contributed by atoms with Crippen molar-refractivity contribution in [3.8, 4) is 0 Å². The summed E-state index contributed by atoms with van der Waals surface area (Å²) in [5.74, 6) is -0.185. The molecule has 0 saturated heterocycles. The molecule has 0 unspecified atom stereocenters. The smallest absolute Gasteiger partial charge is 0.411 e. The summed E-state index contributed by atoms with van der Waals surface area (Å²) < 4.78 is 23.6. The molecule has 0 spiro atoms. The maximum atomic E-state index is 13.5. The van der Waals surface area contributed by atoms with Crippen molar-refractivity contribution in [1.29, 1.82) is 0 Å². The van der Waals surface area contributed by atoms with E-state index in [1.807, 2.05) is 6.92 Å². The first-order valence-corrected chi connectivity index (χ1v) is 7.82. The van der Waals surface area contributed by atoms with Crippen LogP contribution in [0.25, 0.3) is 0 Å². The fourth-order valence-corrected chi connectivity index (χ4v) is 2.36. The molecule has 1 saturated carbocycles. The maximum absolute atomic E-state index is 13.5. The van der Waals surface area contributed by atoms with Gasteiger partial charge in [-0.15, -0.1) is 0 Å². The average Bonchev–Trinajstić information content (AvgIpc) is 3.29. The molecule has 1 N–H and O–H groups in total. The van der Waals surface area contributed by atoms with Crippen molar-refractivity contribution in [3.63, 3.8) is 0 Å². The van der Waals surface area contributed by atoms with Gasteiger partial charge in [-0.25, -0.2) is 9.18 Å². The van der Waals surface area contributed by atoms with Gasteiger partial charge >= 0.3 is 6.09 Å². The number of nitrogens with one attached hydrogen (secondary N) is 1. The molecular formula is C17H17FN2O4. The van der Waals surface area contributed by atoms with Crippen LogP contribution in [0.5, 0.6) is 0 Å². The van der Waals surface area contributed by atoms with E-state index in [-0.39, 0.29) is 29.6 Å². The number of halogens is 1. The molecular weight excluding hydrogens is 315 g/mol. The number of rotatable bonds is 6. The topological polar surface area (TPSA) is 81.4 Å². The van der Waals surface area contributed by atoms with Gasteiger partial charge in [-0.1, -0.05) is 12.1 Å². The molecule has 1 heterocycles. The molecule has 0 bridgehead atoms. The predicted octanol–water partition coefficient (Wildman–Crippen LogP) is 3.88. The largest absolute Gasteiger partial charge is 0.449 e. The van der Waals surface area contributed by atoms with Crippen LogP contribution in [-0.2, 0) is 4.74 Å². The van der Waals surface area contributed by atoms with Gasteiger partial charge in [0.05, 0.1) is 24.1 Å².